The molecule has 10 heteroatoms. The van der Waals surface area contributed by atoms with Crippen molar-refractivity contribution >= 4 is 42.6 Å². The Hall–Kier alpha value is -2.56. The molecule has 2 heterocycles. The van der Waals surface area contributed by atoms with Crippen molar-refractivity contribution in [2.75, 3.05) is 18.4 Å². The Morgan fingerprint density at radius 2 is 1.93 bits per heavy atom. The number of pyridine rings is 1. The van der Waals surface area contributed by atoms with Crippen LogP contribution in [0.4, 0.5) is 5.13 Å². The largest absolute Gasteiger partial charge is 0.305 e. The minimum atomic E-state index is -3.72. The maximum atomic E-state index is 12.7. The highest BCUT2D eigenvalue weighted by Gasteiger charge is 2.22. The second-order valence-electron chi connectivity index (χ2n) is 6.46. The molecule has 3 aromatic rings. The molecule has 0 aliphatic heterocycles. The average molecular weight is 435 g/mol. The van der Waals surface area contributed by atoms with Gasteiger partial charge in [0.05, 0.1) is 15.1 Å². The summed E-state index contributed by atoms with van der Waals surface area (Å²) in [5, 5.41) is 3.11. The highest BCUT2D eigenvalue weighted by atomic mass is 32.2. The van der Waals surface area contributed by atoms with Gasteiger partial charge in [-0.3, -0.25) is 9.59 Å². The fourth-order valence-electron chi connectivity index (χ4n) is 2.90. The van der Waals surface area contributed by atoms with Gasteiger partial charge in [-0.2, -0.15) is 4.31 Å². The van der Waals surface area contributed by atoms with Crippen LogP contribution in [0.3, 0.4) is 0 Å². The number of sulfonamides is 1. The third-order valence-corrected chi connectivity index (χ3v) is 7.37. The van der Waals surface area contributed by atoms with Crippen molar-refractivity contribution in [3.8, 4) is 0 Å². The van der Waals surface area contributed by atoms with Crippen molar-refractivity contribution in [3.05, 3.63) is 52.4 Å². The molecular weight excluding hydrogens is 412 g/mol. The van der Waals surface area contributed by atoms with E-state index in [0.29, 0.717) is 18.2 Å². The van der Waals surface area contributed by atoms with Crippen molar-refractivity contribution < 1.29 is 13.2 Å². The van der Waals surface area contributed by atoms with Crippen LogP contribution in [0.25, 0.3) is 10.2 Å². The first kappa shape index (κ1) is 21.2. The lowest BCUT2D eigenvalue weighted by Crippen LogP contribution is -2.33. The Kier molecular flexibility index (Phi) is 6.15. The molecule has 1 N–H and O–H groups in total. The average Bonchev–Trinajstić information content (AvgIpc) is 3.05. The maximum absolute atomic E-state index is 12.7. The molecule has 0 unspecified atom stereocenters. The zero-order valence-corrected chi connectivity index (χ0v) is 18.0. The third-order valence-electron chi connectivity index (χ3n) is 4.40. The van der Waals surface area contributed by atoms with E-state index in [1.165, 1.54) is 27.9 Å². The number of anilines is 1. The lowest BCUT2D eigenvalue weighted by molar-refractivity contribution is -0.116. The Labute approximate surface area is 172 Å². The van der Waals surface area contributed by atoms with Crippen molar-refractivity contribution in [2.45, 2.75) is 32.2 Å². The number of nitrogens with zero attached hydrogens (tertiary/aromatic N) is 3. The number of nitrogens with one attached hydrogen (secondary N) is 1. The standard InChI is InChI=1S/C19H22N4O4S2/c1-4-23(5-2)29(26,27)14-7-9-18(25)22(11-14)12-17(24)21-19-20-15-8-6-13(3)10-16(15)28-19/h6-11H,4-5,12H2,1-3H3,(H,20,21,24). The SMILES string of the molecule is CCN(CC)S(=O)(=O)c1ccc(=O)n(CC(=O)Nc2nc3ccc(C)cc3s2)c1. The van der Waals surface area contributed by atoms with Gasteiger partial charge in [-0.05, 0) is 30.7 Å². The summed E-state index contributed by atoms with van der Waals surface area (Å²) in [6.45, 7) is 5.78. The number of carbonyl (C=O) groups excluding carboxylic acids is 1. The smallest absolute Gasteiger partial charge is 0.251 e. The molecule has 3 rings (SSSR count). The van der Waals surface area contributed by atoms with E-state index < -0.39 is 21.5 Å². The molecule has 0 aliphatic rings. The van der Waals surface area contributed by atoms with Crippen LogP contribution in [0.2, 0.25) is 0 Å². The molecular formula is C19H22N4O4S2. The van der Waals surface area contributed by atoms with E-state index >= 15 is 0 Å². The molecule has 0 saturated heterocycles. The molecule has 0 saturated carbocycles. The van der Waals surface area contributed by atoms with Crippen LogP contribution in [-0.4, -0.2) is 41.3 Å². The van der Waals surface area contributed by atoms with E-state index in [9.17, 15) is 18.0 Å². The van der Waals surface area contributed by atoms with Crippen LogP contribution in [-0.2, 0) is 21.4 Å². The molecule has 0 aliphatic carbocycles. The van der Waals surface area contributed by atoms with Gasteiger partial charge >= 0.3 is 0 Å². The first-order chi connectivity index (χ1) is 13.7. The number of carbonyl (C=O) groups is 1. The van der Waals surface area contributed by atoms with E-state index in [1.54, 1.807) is 13.8 Å². The zero-order chi connectivity index (χ0) is 21.2. The summed E-state index contributed by atoms with van der Waals surface area (Å²) < 4.78 is 28.7. The number of rotatable bonds is 7. The number of hydrogen-bond acceptors (Lipinski definition) is 6. The number of benzene rings is 1. The minimum Gasteiger partial charge on any atom is -0.305 e. The Morgan fingerprint density at radius 1 is 1.21 bits per heavy atom. The number of fused-ring (bicyclic) bond motifs is 1. The van der Waals surface area contributed by atoms with Gasteiger partial charge in [-0.25, -0.2) is 13.4 Å². The summed E-state index contributed by atoms with van der Waals surface area (Å²) in [5.74, 6) is -0.458. The summed E-state index contributed by atoms with van der Waals surface area (Å²) in [6, 6.07) is 8.22. The van der Waals surface area contributed by atoms with E-state index in [4.69, 9.17) is 0 Å². The molecule has 0 fully saturated rings. The molecule has 1 aromatic carbocycles. The van der Waals surface area contributed by atoms with E-state index in [0.717, 1.165) is 26.4 Å². The quantitative estimate of drug-likeness (QED) is 0.615. The highest BCUT2D eigenvalue weighted by molar-refractivity contribution is 7.89. The van der Waals surface area contributed by atoms with E-state index in [-0.39, 0.29) is 11.4 Å². The lowest BCUT2D eigenvalue weighted by atomic mass is 10.2. The predicted molar refractivity (Wildman–Crippen MR) is 114 cm³/mol. The molecule has 0 spiro atoms. The summed E-state index contributed by atoms with van der Waals surface area (Å²) in [6.07, 6.45) is 1.21. The van der Waals surface area contributed by atoms with Crippen molar-refractivity contribution in [3.63, 3.8) is 0 Å². The molecule has 0 bridgehead atoms. The van der Waals surface area contributed by atoms with Crippen molar-refractivity contribution in [2.24, 2.45) is 0 Å². The zero-order valence-electron chi connectivity index (χ0n) is 16.4. The maximum Gasteiger partial charge on any atom is 0.251 e. The highest BCUT2D eigenvalue weighted by Crippen LogP contribution is 2.26. The minimum absolute atomic E-state index is 0.0240. The van der Waals surface area contributed by atoms with Gasteiger partial charge in [0.25, 0.3) is 5.56 Å². The number of aryl methyl sites for hydroxylation is 1. The van der Waals surface area contributed by atoms with Gasteiger partial charge in [-0.1, -0.05) is 31.3 Å². The second kappa shape index (κ2) is 8.44. The fourth-order valence-corrected chi connectivity index (χ4v) is 5.36. The summed E-state index contributed by atoms with van der Waals surface area (Å²) in [4.78, 5) is 28.9. The van der Waals surface area contributed by atoms with Crippen LogP contribution in [0, 0.1) is 6.92 Å². The van der Waals surface area contributed by atoms with Crippen molar-refractivity contribution in [1.29, 1.82) is 0 Å². The van der Waals surface area contributed by atoms with Gasteiger partial charge in [0.15, 0.2) is 5.13 Å². The molecule has 0 atom stereocenters. The lowest BCUT2D eigenvalue weighted by Gasteiger charge is -2.18. The predicted octanol–water partition coefficient (Wildman–Crippen LogP) is 2.44. The number of aromatic nitrogens is 2. The van der Waals surface area contributed by atoms with Crippen LogP contribution in [0.5, 0.6) is 0 Å². The number of amides is 1. The van der Waals surface area contributed by atoms with Crippen LogP contribution >= 0.6 is 11.3 Å². The van der Waals surface area contributed by atoms with Gasteiger partial charge in [0.1, 0.15) is 6.54 Å². The molecule has 0 radical (unpaired) electrons. The van der Waals surface area contributed by atoms with Crippen molar-refractivity contribution in [1.82, 2.24) is 13.9 Å². The van der Waals surface area contributed by atoms with Gasteiger partial charge in [0.2, 0.25) is 15.9 Å². The monoisotopic (exact) mass is 434 g/mol. The molecule has 2 aromatic heterocycles. The summed E-state index contributed by atoms with van der Waals surface area (Å²) in [7, 11) is -3.72. The van der Waals surface area contributed by atoms with Crippen LogP contribution in [0.1, 0.15) is 19.4 Å². The first-order valence-electron chi connectivity index (χ1n) is 9.12. The Morgan fingerprint density at radius 3 is 2.62 bits per heavy atom. The second-order valence-corrected chi connectivity index (χ2v) is 9.43. The Balaban J connectivity index is 1.81. The third kappa shape index (κ3) is 4.55. The first-order valence-corrected chi connectivity index (χ1v) is 11.4. The Bertz CT molecular complexity index is 1210. The summed E-state index contributed by atoms with van der Waals surface area (Å²) >= 11 is 1.34. The fraction of sp³-hybridized carbons (Fsp3) is 0.316. The van der Waals surface area contributed by atoms with Gasteiger partial charge in [0, 0.05) is 25.4 Å². The van der Waals surface area contributed by atoms with E-state index in [1.807, 2.05) is 25.1 Å². The number of thiazole rings is 1. The molecule has 29 heavy (non-hydrogen) atoms. The number of hydrogen-bond donors (Lipinski definition) is 1. The van der Waals surface area contributed by atoms with Gasteiger partial charge < -0.3 is 9.88 Å². The van der Waals surface area contributed by atoms with Gasteiger partial charge in [-0.15, -0.1) is 0 Å². The van der Waals surface area contributed by atoms with Crippen LogP contribution < -0.4 is 10.9 Å². The topological polar surface area (TPSA) is 101 Å². The molecule has 8 nitrogen and oxygen atoms in total. The summed E-state index contributed by atoms with van der Waals surface area (Å²) in [5.41, 5.74) is 1.41. The molecule has 1 amide bonds. The molecule has 154 valence electrons. The normalized spacial score (nSPS) is 11.9. The van der Waals surface area contributed by atoms with Crippen LogP contribution in [0.15, 0.2) is 46.2 Å². The van der Waals surface area contributed by atoms with E-state index in [2.05, 4.69) is 10.3 Å².